The molecule has 3 aromatic carbocycles. The molecule has 110 valence electrons. The molecule has 23 heavy (non-hydrogen) atoms. The summed E-state index contributed by atoms with van der Waals surface area (Å²) < 4.78 is 0. The predicted molar refractivity (Wildman–Crippen MR) is 96.8 cm³/mol. The summed E-state index contributed by atoms with van der Waals surface area (Å²) >= 11 is 1.84. The van der Waals surface area contributed by atoms with Crippen molar-refractivity contribution < 1.29 is 0 Å². The summed E-state index contributed by atoms with van der Waals surface area (Å²) in [5.74, 6) is 6.76. The molecule has 1 heterocycles. The Labute approximate surface area is 141 Å². The van der Waals surface area contributed by atoms with Gasteiger partial charge in [0.2, 0.25) is 0 Å². The second kappa shape index (κ2) is 5.65. The van der Waals surface area contributed by atoms with Gasteiger partial charge in [0.1, 0.15) is 5.41 Å². The quantitative estimate of drug-likeness (QED) is 0.534. The highest BCUT2D eigenvalue weighted by Crippen LogP contribution is 2.51. The third-order valence-corrected chi connectivity index (χ3v) is 5.47. The highest BCUT2D eigenvalue weighted by molar-refractivity contribution is 7.99. The summed E-state index contributed by atoms with van der Waals surface area (Å²) in [6, 6.07) is 27.9. The van der Waals surface area contributed by atoms with E-state index in [-0.39, 0.29) is 0 Å². The van der Waals surface area contributed by atoms with E-state index in [1.807, 2.05) is 18.7 Å². The normalized spacial score (nSPS) is 14.1. The van der Waals surface area contributed by atoms with Crippen molar-refractivity contribution in [1.29, 1.82) is 0 Å². The number of hydrogen-bond donors (Lipinski definition) is 0. The van der Waals surface area contributed by atoms with Crippen molar-refractivity contribution in [2.75, 3.05) is 0 Å². The van der Waals surface area contributed by atoms with Gasteiger partial charge in [-0.15, -0.1) is 5.92 Å². The third-order valence-electron chi connectivity index (χ3n) is 4.32. The van der Waals surface area contributed by atoms with Crippen molar-refractivity contribution in [2.24, 2.45) is 0 Å². The van der Waals surface area contributed by atoms with E-state index in [4.69, 9.17) is 0 Å². The molecule has 1 heteroatoms. The van der Waals surface area contributed by atoms with Crippen molar-refractivity contribution in [3.63, 3.8) is 0 Å². The number of benzene rings is 3. The van der Waals surface area contributed by atoms with Crippen molar-refractivity contribution >= 4 is 11.8 Å². The molecule has 0 saturated carbocycles. The molecule has 0 fully saturated rings. The molecule has 4 rings (SSSR count). The standard InChI is InChI=1S/C22H16S/c1-2-16-22(17-10-4-3-5-11-17)18-12-6-8-14-20(18)23-21-15-9-7-13-19(21)22/h3-15H,1H3. The summed E-state index contributed by atoms with van der Waals surface area (Å²) in [5, 5.41) is 0. The van der Waals surface area contributed by atoms with Crippen LogP contribution in [0, 0.1) is 11.8 Å². The first-order chi connectivity index (χ1) is 11.4. The number of fused-ring (bicyclic) bond motifs is 2. The van der Waals surface area contributed by atoms with Gasteiger partial charge in [0, 0.05) is 9.79 Å². The fourth-order valence-corrected chi connectivity index (χ4v) is 4.58. The Morgan fingerprint density at radius 2 is 1.22 bits per heavy atom. The number of rotatable bonds is 1. The first kappa shape index (κ1) is 14.2. The molecule has 0 aromatic heterocycles. The van der Waals surface area contributed by atoms with Crippen LogP contribution in [0.4, 0.5) is 0 Å². The van der Waals surface area contributed by atoms with Gasteiger partial charge >= 0.3 is 0 Å². The molecule has 0 saturated heterocycles. The minimum Gasteiger partial charge on any atom is -0.105 e. The fourth-order valence-electron chi connectivity index (χ4n) is 3.39. The molecule has 0 amide bonds. The zero-order chi connectivity index (χ0) is 15.7. The van der Waals surface area contributed by atoms with E-state index >= 15 is 0 Å². The van der Waals surface area contributed by atoms with Crippen molar-refractivity contribution in [1.82, 2.24) is 0 Å². The Bertz CT molecular complexity index is 868. The molecule has 3 aromatic rings. The van der Waals surface area contributed by atoms with E-state index in [1.165, 1.54) is 26.5 Å². The topological polar surface area (TPSA) is 0 Å². The maximum atomic E-state index is 3.56. The third kappa shape index (κ3) is 2.11. The van der Waals surface area contributed by atoms with Gasteiger partial charge in [-0.1, -0.05) is 84.4 Å². The van der Waals surface area contributed by atoms with Crippen LogP contribution in [0.15, 0.2) is 88.7 Å². The minimum atomic E-state index is -0.394. The zero-order valence-electron chi connectivity index (χ0n) is 12.9. The average Bonchev–Trinajstić information content (AvgIpc) is 2.62. The monoisotopic (exact) mass is 312 g/mol. The summed E-state index contributed by atoms with van der Waals surface area (Å²) in [6.45, 7) is 1.93. The molecule has 0 N–H and O–H groups in total. The van der Waals surface area contributed by atoms with E-state index in [1.54, 1.807) is 0 Å². The van der Waals surface area contributed by atoms with Crippen molar-refractivity contribution in [3.05, 3.63) is 95.6 Å². The molecule has 0 nitrogen and oxygen atoms in total. The van der Waals surface area contributed by atoms with E-state index in [0.29, 0.717) is 0 Å². The molecule has 1 aliphatic rings. The fraction of sp³-hybridized carbons (Fsp3) is 0.0909. The molecule has 0 spiro atoms. The van der Waals surface area contributed by atoms with Crippen LogP contribution in [0.2, 0.25) is 0 Å². The van der Waals surface area contributed by atoms with Gasteiger partial charge in [0.05, 0.1) is 0 Å². The first-order valence-corrected chi connectivity index (χ1v) is 8.54. The Morgan fingerprint density at radius 1 is 0.696 bits per heavy atom. The van der Waals surface area contributed by atoms with Crippen LogP contribution in [0.3, 0.4) is 0 Å². The highest BCUT2D eigenvalue weighted by atomic mass is 32.2. The summed E-state index contributed by atoms with van der Waals surface area (Å²) in [4.78, 5) is 2.58. The Balaban J connectivity index is 2.14. The maximum Gasteiger partial charge on any atom is 0.108 e. The van der Waals surface area contributed by atoms with Gasteiger partial charge in [0.15, 0.2) is 0 Å². The lowest BCUT2D eigenvalue weighted by Crippen LogP contribution is -2.31. The van der Waals surface area contributed by atoms with E-state index in [0.717, 1.165) is 0 Å². The Morgan fingerprint density at radius 3 is 1.78 bits per heavy atom. The van der Waals surface area contributed by atoms with E-state index in [9.17, 15) is 0 Å². The molecule has 1 aliphatic heterocycles. The van der Waals surface area contributed by atoms with E-state index < -0.39 is 5.41 Å². The molecule has 0 bridgehead atoms. The van der Waals surface area contributed by atoms with Gasteiger partial charge < -0.3 is 0 Å². The minimum absolute atomic E-state index is 0.394. The van der Waals surface area contributed by atoms with Crippen molar-refractivity contribution in [2.45, 2.75) is 22.1 Å². The zero-order valence-corrected chi connectivity index (χ0v) is 13.7. The van der Waals surface area contributed by atoms with Gasteiger partial charge in [-0.05, 0) is 35.7 Å². The lowest BCUT2D eigenvalue weighted by molar-refractivity contribution is 0.757. The second-order valence-corrected chi connectivity index (χ2v) is 6.67. The Hall–Kier alpha value is -2.43. The summed E-state index contributed by atoms with van der Waals surface area (Å²) in [7, 11) is 0. The van der Waals surface area contributed by atoms with Crippen LogP contribution < -0.4 is 0 Å². The van der Waals surface area contributed by atoms with Crippen LogP contribution >= 0.6 is 11.8 Å². The lowest BCUT2D eigenvalue weighted by Gasteiger charge is -2.37. The lowest BCUT2D eigenvalue weighted by atomic mass is 9.69. The van der Waals surface area contributed by atoms with Gasteiger partial charge in [-0.2, -0.15) is 0 Å². The van der Waals surface area contributed by atoms with Gasteiger partial charge in [-0.3, -0.25) is 0 Å². The van der Waals surface area contributed by atoms with Crippen LogP contribution in [0.1, 0.15) is 23.6 Å². The van der Waals surface area contributed by atoms with Crippen molar-refractivity contribution in [3.8, 4) is 11.8 Å². The van der Waals surface area contributed by atoms with Crippen LogP contribution in [0.25, 0.3) is 0 Å². The molecule has 0 radical (unpaired) electrons. The molecular weight excluding hydrogens is 296 g/mol. The summed E-state index contributed by atoms with van der Waals surface area (Å²) in [6.07, 6.45) is 0. The van der Waals surface area contributed by atoms with E-state index in [2.05, 4.69) is 90.7 Å². The smallest absolute Gasteiger partial charge is 0.105 e. The van der Waals surface area contributed by atoms with Crippen LogP contribution in [0.5, 0.6) is 0 Å². The largest absolute Gasteiger partial charge is 0.108 e. The summed E-state index contributed by atoms with van der Waals surface area (Å²) in [5.41, 5.74) is 3.40. The van der Waals surface area contributed by atoms with Crippen LogP contribution in [-0.4, -0.2) is 0 Å². The van der Waals surface area contributed by atoms with Crippen LogP contribution in [-0.2, 0) is 5.41 Å². The molecule has 0 atom stereocenters. The SMILES string of the molecule is CC#CC1(c2ccccc2)c2ccccc2Sc2ccccc21. The van der Waals surface area contributed by atoms with Gasteiger partial charge in [0.25, 0.3) is 0 Å². The molecule has 0 aliphatic carbocycles. The van der Waals surface area contributed by atoms with Gasteiger partial charge in [-0.25, -0.2) is 0 Å². The highest BCUT2D eigenvalue weighted by Gasteiger charge is 2.41. The average molecular weight is 312 g/mol. The first-order valence-electron chi connectivity index (χ1n) is 7.72. The Kier molecular flexibility index (Phi) is 3.48. The molecular formula is C22H16S. The predicted octanol–water partition coefficient (Wildman–Crippen LogP) is 5.51. The second-order valence-electron chi connectivity index (χ2n) is 5.59. The maximum absolute atomic E-state index is 3.56. The molecule has 0 unspecified atom stereocenters. The number of hydrogen-bond acceptors (Lipinski definition) is 1.